The van der Waals surface area contributed by atoms with Crippen LogP contribution >= 0.6 is 0 Å². The van der Waals surface area contributed by atoms with E-state index in [1.165, 1.54) is 26.1 Å². The van der Waals surface area contributed by atoms with Crippen LogP contribution in [-0.2, 0) is 21.5 Å². The molecule has 0 spiro atoms. The molecule has 0 radical (unpaired) electrons. The summed E-state index contributed by atoms with van der Waals surface area (Å²) in [7, 11) is 0.417. The lowest BCUT2D eigenvalue weighted by Crippen LogP contribution is -2.41. The molecule has 0 atom stereocenters. The number of nitrogens with zero attached hydrogens (tertiary/aromatic N) is 4. The molecule has 12 heteroatoms. The van der Waals surface area contributed by atoms with Crippen LogP contribution in [0.4, 0.5) is 0 Å². The largest absolute Gasteiger partial charge is 0.497 e. The average Bonchev–Trinajstić information content (AvgIpc) is 3.33. The first-order chi connectivity index (χ1) is 23.6. The minimum Gasteiger partial charge on any atom is -0.497 e. The zero-order valence-electron chi connectivity index (χ0n) is 28.1. The maximum atomic E-state index is 13.5. The quantitative estimate of drug-likeness (QED) is 0.280. The Bertz CT molecular complexity index is 2070. The van der Waals surface area contributed by atoms with E-state index in [1.807, 2.05) is 30.3 Å². The first-order valence-corrected chi connectivity index (χ1v) is 18.2. The SMILES string of the molecule is COc1ccc2c(c1)C=C(c1cccc(C(=O)N3CCOCC3)n1)Cn1c-2c(C2CCCCC2)c2ccc(C(=O)NS(=O)(=O)N(C)C)cc21. The maximum absolute atomic E-state index is 13.5. The van der Waals surface area contributed by atoms with E-state index in [0.717, 1.165) is 69.0 Å². The summed E-state index contributed by atoms with van der Waals surface area (Å²) >= 11 is 0. The lowest BCUT2D eigenvalue weighted by Gasteiger charge is -2.26. The van der Waals surface area contributed by atoms with Crippen molar-refractivity contribution in [3.05, 3.63) is 82.7 Å². The van der Waals surface area contributed by atoms with Crippen molar-refractivity contribution in [1.29, 1.82) is 0 Å². The van der Waals surface area contributed by atoms with Gasteiger partial charge in [-0.25, -0.2) is 9.71 Å². The fourth-order valence-electron chi connectivity index (χ4n) is 7.27. The van der Waals surface area contributed by atoms with E-state index in [4.69, 9.17) is 14.5 Å². The number of aromatic nitrogens is 2. The first-order valence-electron chi connectivity index (χ1n) is 16.8. The van der Waals surface area contributed by atoms with Crippen LogP contribution in [0.3, 0.4) is 0 Å². The molecule has 7 rings (SSSR count). The topological polar surface area (TPSA) is 123 Å². The van der Waals surface area contributed by atoms with E-state index in [2.05, 4.69) is 21.4 Å². The summed E-state index contributed by atoms with van der Waals surface area (Å²) in [4.78, 5) is 33.5. The lowest BCUT2D eigenvalue weighted by molar-refractivity contribution is 0.0299. The van der Waals surface area contributed by atoms with Gasteiger partial charge in [-0.15, -0.1) is 0 Å². The van der Waals surface area contributed by atoms with Gasteiger partial charge in [0, 0.05) is 49.2 Å². The summed E-state index contributed by atoms with van der Waals surface area (Å²) in [6.07, 6.45) is 7.74. The van der Waals surface area contributed by atoms with Gasteiger partial charge in [-0.2, -0.15) is 12.7 Å². The standard InChI is InChI=1S/C37H41N5O6S/c1-40(2)49(45,46)39-36(43)25-12-14-30-33(22-25)42-23-27(31-10-7-11-32(38-31)37(44)41-16-18-48-19-17-41)20-26-21-28(47-3)13-15-29(26)35(42)34(30)24-8-5-4-6-9-24/h7,10-15,20-22,24H,4-6,8-9,16-19,23H2,1-3H3,(H,39,43). The Hall–Kier alpha value is -4.52. The van der Waals surface area contributed by atoms with Gasteiger partial charge >= 0.3 is 10.2 Å². The summed E-state index contributed by atoms with van der Waals surface area (Å²) in [5.41, 5.74) is 7.34. The van der Waals surface area contributed by atoms with Crippen LogP contribution in [-0.4, -0.2) is 86.5 Å². The van der Waals surface area contributed by atoms with Gasteiger partial charge in [0.05, 0.1) is 38.3 Å². The minimum atomic E-state index is -3.98. The van der Waals surface area contributed by atoms with E-state index < -0.39 is 16.1 Å². The van der Waals surface area contributed by atoms with Crippen LogP contribution in [0.25, 0.3) is 33.8 Å². The highest BCUT2D eigenvalue weighted by atomic mass is 32.2. The molecule has 11 nitrogen and oxygen atoms in total. The molecule has 256 valence electrons. The Morgan fingerprint density at radius 2 is 1.78 bits per heavy atom. The Morgan fingerprint density at radius 3 is 2.51 bits per heavy atom. The Morgan fingerprint density at radius 1 is 1.00 bits per heavy atom. The average molecular weight is 684 g/mol. The van der Waals surface area contributed by atoms with Crippen LogP contribution < -0.4 is 9.46 Å². The molecule has 3 aliphatic rings. The highest BCUT2D eigenvalue weighted by Gasteiger charge is 2.31. The summed E-state index contributed by atoms with van der Waals surface area (Å²) in [5.74, 6) is 0.223. The van der Waals surface area contributed by atoms with Crippen molar-refractivity contribution in [3.8, 4) is 17.0 Å². The molecule has 2 fully saturated rings. The number of benzene rings is 2. The molecule has 0 bridgehead atoms. The molecule has 49 heavy (non-hydrogen) atoms. The lowest BCUT2D eigenvalue weighted by atomic mass is 9.81. The second-order valence-electron chi connectivity index (χ2n) is 13.1. The van der Waals surface area contributed by atoms with Gasteiger partial charge in [-0.3, -0.25) is 9.59 Å². The smallest absolute Gasteiger partial charge is 0.303 e. The Labute approximate surface area is 286 Å². The number of fused-ring (bicyclic) bond motifs is 5. The van der Waals surface area contributed by atoms with Gasteiger partial charge in [0.25, 0.3) is 11.8 Å². The number of morpholine rings is 1. The van der Waals surface area contributed by atoms with Crippen LogP contribution in [0.1, 0.15) is 75.7 Å². The fourth-order valence-corrected chi connectivity index (χ4v) is 7.80. The molecule has 1 saturated heterocycles. The molecule has 1 N–H and O–H groups in total. The Kier molecular flexibility index (Phi) is 9.03. The van der Waals surface area contributed by atoms with Crippen molar-refractivity contribution in [2.45, 2.75) is 44.6 Å². The van der Waals surface area contributed by atoms with Gasteiger partial charge in [-0.1, -0.05) is 31.4 Å². The number of pyridine rings is 1. The van der Waals surface area contributed by atoms with E-state index in [0.29, 0.717) is 50.2 Å². The van der Waals surface area contributed by atoms with Gasteiger partial charge in [0.1, 0.15) is 11.4 Å². The molecule has 1 aliphatic carbocycles. The highest BCUT2D eigenvalue weighted by Crippen LogP contribution is 2.47. The first kappa shape index (κ1) is 33.0. The van der Waals surface area contributed by atoms with Gasteiger partial charge < -0.3 is 18.9 Å². The number of hydrogen-bond acceptors (Lipinski definition) is 7. The van der Waals surface area contributed by atoms with Crippen molar-refractivity contribution >= 4 is 44.6 Å². The molecule has 2 aromatic carbocycles. The van der Waals surface area contributed by atoms with Gasteiger partial charge in [0.2, 0.25) is 0 Å². The predicted octanol–water partition coefficient (Wildman–Crippen LogP) is 5.32. The molecule has 1 saturated carbocycles. The zero-order chi connectivity index (χ0) is 34.3. The van der Waals surface area contributed by atoms with E-state index in [1.54, 1.807) is 30.2 Å². The van der Waals surface area contributed by atoms with Crippen molar-refractivity contribution in [1.82, 2.24) is 23.5 Å². The summed E-state index contributed by atoms with van der Waals surface area (Å²) in [6, 6.07) is 17.1. The summed E-state index contributed by atoms with van der Waals surface area (Å²) in [5, 5.41) is 1.04. The van der Waals surface area contributed by atoms with Crippen molar-refractivity contribution < 1.29 is 27.5 Å². The Balaban J connectivity index is 1.41. The van der Waals surface area contributed by atoms with Crippen molar-refractivity contribution in [2.75, 3.05) is 47.5 Å². The van der Waals surface area contributed by atoms with Crippen LogP contribution in [0.2, 0.25) is 0 Å². The molecule has 2 aliphatic heterocycles. The number of carbonyl (C=O) groups is 2. The number of carbonyl (C=O) groups excluding carboxylic acids is 2. The zero-order valence-corrected chi connectivity index (χ0v) is 28.9. The minimum absolute atomic E-state index is 0.128. The summed E-state index contributed by atoms with van der Waals surface area (Å²) < 4.78 is 41.6. The second-order valence-corrected chi connectivity index (χ2v) is 15.0. The third-order valence-electron chi connectivity index (χ3n) is 9.85. The van der Waals surface area contributed by atoms with Crippen LogP contribution in [0.5, 0.6) is 5.75 Å². The van der Waals surface area contributed by atoms with Crippen LogP contribution in [0.15, 0.2) is 54.6 Å². The third kappa shape index (κ3) is 6.36. The summed E-state index contributed by atoms with van der Waals surface area (Å²) in [6.45, 7) is 2.47. The number of rotatable bonds is 7. The maximum Gasteiger partial charge on any atom is 0.303 e. The number of methoxy groups -OCH3 is 1. The van der Waals surface area contributed by atoms with E-state index in [-0.39, 0.29) is 11.5 Å². The predicted molar refractivity (Wildman–Crippen MR) is 189 cm³/mol. The fraction of sp³-hybridized carbons (Fsp3) is 0.378. The van der Waals surface area contributed by atoms with Crippen LogP contribution in [0, 0.1) is 0 Å². The number of ether oxygens (including phenoxy) is 2. The number of nitrogens with one attached hydrogen (secondary N) is 1. The van der Waals surface area contributed by atoms with Crippen molar-refractivity contribution in [2.24, 2.45) is 0 Å². The highest BCUT2D eigenvalue weighted by molar-refractivity contribution is 7.87. The van der Waals surface area contributed by atoms with Gasteiger partial charge in [-0.05, 0) is 84.0 Å². The van der Waals surface area contributed by atoms with Crippen molar-refractivity contribution in [3.63, 3.8) is 0 Å². The van der Waals surface area contributed by atoms with E-state index >= 15 is 0 Å². The monoisotopic (exact) mass is 683 g/mol. The molecule has 4 aromatic rings. The number of hydrogen-bond donors (Lipinski definition) is 1. The second kappa shape index (κ2) is 13.4. The molecule has 2 amide bonds. The number of allylic oxidation sites excluding steroid dienone is 1. The van der Waals surface area contributed by atoms with E-state index in [9.17, 15) is 18.0 Å². The van der Waals surface area contributed by atoms with Gasteiger partial charge in [0.15, 0.2) is 0 Å². The molecular formula is C37H41N5O6S. The third-order valence-corrected chi connectivity index (χ3v) is 11.3. The number of amides is 2. The molecule has 0 unspecified atom stereocenters. The molecule has 2 aromatic heterocycles. The molecular weight excluding hydrogens is 643 g/mol. The molecule has 4 heterocycles. The normalized spacial score (nSPS) is 16.9.